The maximum Gasteiger partial charge on any atom is 0.328 e. The summed E-state index contributed by atoms with van der Waals surface area (Å²) in [7, 11) is 0. The first kappa shape index (κ1) is 18.1. The molecular formula is C18H16N4O5. The lowest BCUT2D eigenvalue weighted by Crippen LogP contribution is -2.51. The van der Waals surface area contributed by atoms with Crippen molar-refractivity contribution >= 4 is 29.6 Å². The van der Waals surface area contributed by atoms with Gasteiger partial charge in [-0.15, -0.1) is 0 Å². The molecule has 4 amide bonds. The van der Waals surface area contributed by atoms with Crippen molar-refractivity contribution in [2.45, 2.75) is 20.8 Å². The predicted octanol–water partition coefficient (Wildman–Crippen LogP) is 2.06. The fourth-order valence-electron chi connectivity index (χ4n) is 3.07. The molecule has 9 heteroatoms. The number of nitrogens with zero attached hydrogens (tertiary/aromatic N) is 2. The van der Waals surface area contributed by atoms with Crippen LogP contribution in [0.4, 0.5) is 10.5 Å². The Labute approximate surface area is 153 Å². The fourth-order valence-corrected chi connectivity index (χ4v) is 3.07. The van der Waals surface area contributed by atoms with E-state index in [1.54, 1.807) is 19.1 Å². The molecule has 0 bridgehead atoms. The first-order valence-corrected chi connectivity index (χ1v) is 8.01. The SMILES string of the molecule is Cc1cc([N+](=O)[O-])ccc1-n1c(C)cc(C=C2C(=O)NC(=O)NC2=O)c1C. The molecule has 27 heavy (non-hydrogen) atoms. The molecule has 1 aliphatic rings. The lowest BCUT2D eigenvalue weighted by Gasteiger charge is -2.14. The number of urea groups is 1. The van der Waals surface area contributed by atoms with Crippen molar-refractivity contribution in [3.05, 3.63) is 62.5 Å². The molecule has 2 heterocycles. The van der Waals surface area contributed by atoms with Crippen molar-refractivity contribution in [1.82, 2.24) is 15.2 Å². The molecule has 0 radical (unpaired) electrons. The van der Waals surface area contributed by atoms with E-state index in [1.165, 1.54) is 18.2 Å². The van der Waals surface area contributed by atoms with Gasteiger partial charge in [0.15, 0.2) is 0 Å². The van der Waals surface area contributed by atoms with E-state index in [0.717, 1.165) is 17.1 Å². The first-order chi connectivity index (χ1) is 12.7. The Hall–Kier alpha value is -3.75. The summed E-state index contributed by atoms with van der Waals surface area (Å²) in [6.45, 7) is 5.43. The number of nitro groups is 1. The number of hydrogen-bond acceptors (Lipinski definition) is 5. The lowest BCUT2D eigenvalue weighted by molar-refractivity contribution is -0.384. The van der Waals surface area contributed by atoms with E-state index in [2.05, 4.69) is 0 Å². The van der Waals surface area contributed by atoms with Crippen LogP contribution in [-0.4, -0.2) is 27.3 Å². The van der Waals surface area contributed by atoms with Gasteiger partial charge in [0, 0.05) is 29.2 Å². The topological polar surface area (TPSA) is 123 Å². The summed E-state index contributed by atoms with van der Waals surface area (Å²) < 4.78 is 1.88. The van der Waals surface area contributed by atoms with Crippen molar-refractivity contribution in [1.29, 1.82) is 0 Å². The minimum absolute atomic E-state index is 0.00117. The van der Waals surface area contributed by atoms with Crippen LogP contribution in [-0.2, 0) is 9.59 Å². The third-order valence-electron chi connectivity index (χ3n) is 4.35. The number of aryl methyl sites for hydroxylation is 2. The normalized spacial score (nSPS) is 14.0. The van der Waals surface area contributed by atoms with Gasteiger partial charge in [0.2, 0.25) is 0 Å². The van der Waals surface area contributed by atoms with Crippen LogP contribution in [0.5, 0.6) is 0 Å². The maximum absolute atomic E-state index is 11.9. The Bertz CT molecular complexity index is 1030. The van der Waals surface area contributed by atoms with Gasteiger partial charge in [0.25, 0.3) is 17.5 Å². The predicted molar refractivity (Wildman–Crippen MR) is 96.3 cm³/mol. The molecule has 1 aromatic heterocycles. The zero-order valence-electron chi connectivity index (χ0n) is 14.8. The average Bonchev–Trinajstić information content (AvgIpc) is 2.85. The van der Waals surface area contributed by atoms with Crippen LogP contribution in [0.1, 0.15) is 22.5 Å². The highest BCUT2D eigenvalue weighted by molar-refractivity contribution is 6.31. The molecule has 0 aliphatic carbocycles. The van der Waals surface area contributed by atoms with Gasteiger partial charge >= 0.3 is 6.03 Å². The van der Waals surface area contributed by atoms with Gasteiger partial charge in [0.1, 0.15) is 5.57 Å². The third-order valence-corrected chi connectivity index (χ3v) is 4.35. The Morgan fingerprint density at radius 2 is 1.67 bits per heavy atom. The molecule has 0 atom stereocenters. The van der Waals surface area contributed by atoms with Crippen LogP contribution >= 0.6 is 0 Å². The molecule has 2 aromatic rings. The smallest absolute Gasteiger partial charge is 0.318 e. The quantitative estimate of drug-likeness (QED) is 0.371. The molecule has 1 aliphatic heterocycles. The molecule has 9 nitrogen and oxygen atoms in total. The molecule has 1 saturated heterocycles. The molecule has 0 unspecified atom stereocenters. The summed E-state index contributed by atoms with van der Waals surface area (Å²) in [5.74, 6) is -1.53. The van der Waals surface area contributed by atoms with E-state index < -0.39 is 22.8 Å². The van der Waals surface area contributed by atoms with Gasteiger partial charge in [-0.2, -0.15) is 0 Å². The number of carbonyl (C=O) groups excluding carboxylic acids is 3. The highest BCUT2D eigenvalue weighted by Crippen LogP contribution is 2.27. The summed E-state index contributed by atoms with van der Waals surface area (Å²) in [5.41, 5.74) is 3.49. The number of benzene rings is 1. The van der Waals surface area contributed by atoms with Crippen LogP contribution in [0.2, 0.25) is 0 Å². The molecule has 0 spiro atoms. The second-order valence-corrected chi connectivity index (χ2v) is 6.19. The first-order valence-electron chi connectivity index (χ1n) is 8.01. The molecule has 3 rings (SSSR count). The van der Waals surface area contributed by atoms with Crippen LogP contribution in [0.3, 0.4) is 0 Å². The average molecular weight is 368 g/mol. The molecule has 138 valence electrons. The number of barbiturate groups is 1. The van der Waals surface area contributed by atoms with Crippen LogP contribution < -0.4 is 10.6 Å². The number of aromatic nitrogens is 1. The summed E-state index contributed by atoms with van der Waals surface area (Å²) in [6.07, 6.45) is 1.41. The largest absolute Gasteiger partial charge is 0.328 e. The van der Waals surface area contributed by atoms with Crippen LogP contribution in [0.15, 0.2) is 29.8 Å². The molecule has 2 N–H and O–H groups in total. The summed E-state index contributed by atoms with van der Waals surface area (Å²) in [5, 5.41) is 15.0. The Morgan fingerprint density at radius 3 is 2.22 bits per heavy atom. The fraction of sp³-hybridized carbons (Fsp3) is 0.167. The standard InChI is InChI=1S/C18H16N4O5/c1-9-6-13(22(26)27)4-5-15(9)21-10(2)7-12(11(21)3)8-14-16(23)19-18(25)20-17(14)24/h4-8H,1-3H3,(H2,19,20,23,24,25). The van der Waals surface area contributed by atoms with Gasteiger partial charge in [0.05, 0.1) is 4.92 Å². The zero-order chi connectivity index (χ0) is 19.9. The van der Waals surface area contributed by atoms with Crippen LogP contribution in [0, 0.1) is 30.9 Å². The zero-order valence-corrected chi connectivity index (χ0v) is 14.8. The Balaban J connectivity index is 2.07. The summed E-state index contributed by atoms with van der Waals surface area (Å²) >= 11 is 0. The molecular weight excluding hydrogens is 352 g/mol. The van der Waals surface area contributed by atoms with Gasteiger partial charge in [-0.25, -0.2) is 4.79 Å². The molecule has 1 fully saturated rings. The lowest BCUT2D eigenvalue weighted by atomic mass is 10.1. The number of amides is 4. The van der Waals surface area contributed by atoms with E-state index in [4.69, 9.17) is 0 Å². The van der Waals surface area contributed by atoms with E-state index in [9.17, 15) is 24.5 Å². The van der Waals surface area contributed by atoms with E-state index in [-0.39, 0.29) is 11.3 Å². The second kappa shape index (κ2) is 6.52. The molecule has 1 aromatic carbocycles. The van der Waals surface area contributed by atoms with E-state index >= 15 is 0 Å². The summed E-state index contributed by atoms with van der Waals surface area (Å²) in [6, 6.07) is 5.50. The second-order valence-electron chi connectivity index (χ2n) is 6.19. The van der Waals surface area contributed by atoms with Gasteiger partial charge in [-0.3, -0.25) is 30.3 Å². The molecule has 0 saturated carbocycles. The highest BCUT2D eigenvalue weighted by atomic mass is 16.6. The van der Waals surface area contributed by atoms with Crippen molar-refractivity contribution in [3.8, 4) is 5.69 Å². The highest BCUT2D eigenvalue weighted by Gasteiger charge is 2.28. The minimum atomic E-state index is -0.853. The van der Waals surface area contributed by atoms with Gasteiger partial charge < -0.3 is 4.57 Å². The van der Waals surface area contributed by atoms with Crippen LogP contribution in [0.25, 0.3) is 11.8 Å². The number of non-ortho nitro benzene ring substituents is 1. The van der Waals surface area contributed by atoms with Crippen molar-refractivity contribution in [3.63, 3.8) is 0 Å². The number of nitrogens with one attached hydrogen (secondary N) is 2. The minimum Gasteiger partial charge on any atom is -0.318 e. The summed E-state index contributed by atoms with van der Waals surface area (Å²) in [4.78, 5) is 45.5. The van der Waals surface area contributed by atoms with Crippen molar-refractivity contribution in [2.75, 3.05) is 0 Å². The third kappa shape index (κ3) is 3.22. The monoisotopic (exact) mass is 368 g/mol. The van der Waals surface area contributed by atoms with Crippen molar-refractivity contribution in [2.24, 2.45) is 0 Å². The Morgan fingerprint density at radius 1 is 1.04 bits per heavy atom. The van der Waals surface area contributed by atoms with Crippen molar-refractivity contribution < 1.29 is 19.3 Å². The number of rotatable bonds is 3. The van der Waals surface area contributed by atoms with E-state index in [1.807, 2.05) is 29.0 Å². The number of carbonyl (C=O) groups is 3. The number of imide groups is 2. The number of hydrogen-bond donors (Lipinski definition) is 2. The van der Waals surface area contributed by atoms with Gasteiger partial charge in [-0.1, -0.05) is 0 Å². The van der Waals surface area contributed by atoms with Gasteiger partial charge in [-0.05, 0) is 50.1 Å². The maximum atomic E-state index is 11.9. The van der Waals surface area contributed by atoms with E-state index in [0.29, 0.717) is 11.1 Å². The number of nitro benzene ring substituents is 1. The Kier molecular flexibility index (Phi) is 4.36.